The first-order chi connectivity index (χ1) is 6.99. The highest BCUT2D eigenvalue weighted by Crippen LogP contribution is 2.28. The fourth-order valence-corrected chi connectivity index (χ4v) is 1.67. The summed E-state index contributed by atoms with van der Waals surface area (Å²) in [5.74, 6) is -1.69. The molecule has 0 aromatic heterocycles. The van der Waals surface area contributed by atoms with Crippen LogP contribution in [0.1, 0.15) is 17.3 Å². The number of benzene rings is 1. The van der Waals surface area contributed by atoms with Gasteiger partial charge in [0.2, 0.25) is 0 Å². The molecular formula is C10H11BrFNO2. The van der Waals surface area contributed by atoms with E-state index >= 15 is 0 Å². The molecule has 5 heteroatoms. The highest BCUT2D eigenvalue weighted by Gasteiger charge is 2.17. The van der Waals surface area contributed by atoms with Crippen molar-refractivity contribution >= 4 is 27.6 Å². The molecule has 3 nitrogen and oxygen atoms in total. The largest absolute Gasteiger partial charge is 0.478 e. The van der Waals surface area contributed by atoms with E-state index in [9.17, 15) is 9.18 Å². The minimum atomic E-state index is -1.15. The number of anilines is 1. The maximum absolute atomic E-state index is 13.7. The van der Waals surface area contributed by atoms with Crippen LogP contribution >= 0.6 is 15.9 Å². The van der Waals surface area contributed by atoms with Gasteiger partial charge >= 0.3 is 5.97 Å². The van der Waals surface area contributed by atoms with E-state index in [1.54, 1.807) is 11.9 Å². The molecule has 0 saturated carbocycles. The van der Waals surface area contributed by atoms with Crippen molar-refractivity contribution in [3.8, 4) is 0 Å². The van der Waals surface area contributed by atoms with Gasteiger partial charge in [-0.3, -0.25) is 0 Å². The Morgan fingerprint density at radius 3 is 2.67 bits per heavy atom. The van der Waals surface area contributed by atoms with E-state index in [0.29, 0.717) is 12.2 Å². The van der Waals surface area contributed by atoms with Gasteiger partial charge in [-0.25, -0.2) is 9.18 Å². The summed E-state index contributed by atoms with van der Waals surface area (Å²) in [6.45, 7) is 2.54. The van der Waals surface area contributed by atoms with Crippen LogP contribution in [0, 0.1) is 5.82 Å². The smallest absolute Gasteiger partial charge is 0.336 e. The second-order valence-electron chi connectivity index (χ2n) is 3.08. The summed E-state index contributed by atoms with van der Waals surface area (Å²) in [5.41, 5.74) is 0.315. The van der Waals surface area contributed by atoms with E-state index in [1.165, 1.54) is 12.1 Å². The first-order valence-electron chi connectivity index (χ1n) is 4.41. The van der Waals surface area contributed by atoms with Gasteiger partial charge in [-0.05, 0) is 35.0 Å². The lowest BCUT2D eigenvalue weighted by atomic mass is 10.2. The van der Waals surface area contributed by atoms with Crippen LogP contribution in [0.15, 0.2) is 16.6 Å². The minimum Gasteiger partial charge on any atom is -0.478 e. The van der Waals surface area contributed by atoms with E-state index in [2.05, 4.69) is 15.9 Å². The first-order valence-corrected chi connectivity index (χ1v) is 5.20. The van der Waals surface area contributed by atoms with Crippen molar-refractivity contribution in [3.05, 3.63) is 28.0 Å². The lowest BCUT2D eigenvalue weighted by molar-refractivity contribution is 0.0695. The highest BCUT2D eigenvalue weighted by atomic mass is 79.9. The molecule has 0 radical (unpaired) electrons. The fraction of sp³-hybridized carbons (Fsp3) is 0.300. The van der Waals surface area contributed by atoms with Crippen LogP contribution in [0.4, 0.5) is 10.1 Å². The van der Waals surface area contributed by atoms with Crippen LogP contribution < -0.4 is 4.90 Å². The summed E-state index contributed by atoms with van der Waals surface area (Å²) < 4.78 is 13.7. The van der Waals surface area contributed by atoms with E-state index in [0.717, 1.165) is 0 Å². The summed E-state index contributed by atoms with van der Waals surface area (Å²) in [6.07, 6.45) is 0. The number of carbonyl (C=O) groups is 1. The third-order valence-electron chi connectivity index (χ3n) is 2.18. The van der Waals surface area contributed by atoms with Gasteiger partial charge in [-0.2, -0.15) is 0 Å². The Labute approximate surface area is 95.6 Å². The van der Waals surface area contributed by atoms with Gasteiger partial charge in [-0.1, -0.05) is 0 Å². The van der Waals surface area contributed by atoms with Crippen molar-refractivity contribution in [1.29, 1.82) is 0 Å². The molecule has 0 aliphatic carbocycles. The molecule has 82 valence electrons. The van der Waals surface area contributed by atoms with Crippen LogP contribution in [-0.2, 0) is 0 Å². The molecule has 0 unspecified atom stereocenters. The van der Waals surface area contributed by atoms with Gasteiger partial charge in [0.15, 0.2) is 5.82 Å². The van der Waals surface area contributed by atoms with Crippen molar-refractivity contribution in [3.63, 3.8) is 0 Å². The predicted octanol–water partition coefficient (Wildman–Crippen LogP) is 2.74. The van der Waals surface area contributed by atoms with Gasteiger partial charge < -0.3 is 10.0 Å². The molecule has 0 aliphatic rings. The lowest BCUT2D eigenvalue weighted by Crippen LogP contribution is -2.18. The number of aromatic carboxylic acids is 1. The summed E-state index contributed by atoms with van der Waals surface area (Å²) in [5, 5.41) is 8.77. The van der Waals surface area contributed by atoms with E-state index in [1.807, 2.05) is 6.92 Å². The van der Waals surface area contributed by atoms with Crippen molar-refractivity contribution < 1.29 is 14.3 Å². The van der Waals surface area contributed by atoms with E-state index in [4.69, 9.17) is 5.11 Å². The molecule has 1 N–H and O–H groups in total. The molecule has 0 atom stereocenters. The number of carboxylic acids is 1. The number of hydrogen-bond acceptors (Lipinski definition) is 2. The monoisotopic (exact) mass is 275 g/mol. The van der Waals surface area contributed by atoms with E-state index < -0.39 is 11.8 Å². The van der Waals surface area contributed by atoms with Gasteiger partial charge in [0, 0.05) is 13.6 Å². The second kappa shape index (κ2) is 4.61. The summed E-state index contributed by atoms with van der Waals surface area (Å²) in [4.78, 5) is 12.4. The van der Waals surface area contributed by atoms with Gasteiger partial charge in [0.1, 0.15) is 0 Å². The molecule has 15 heavy (non-hydrogen) atoms. The fourth-order valence-electron chi connectivity index (χ4n) is 1.17. The molecule has 0 bridgehead atoms. The standard InChI is InChI=1S/C10H11BrFNO2/c1-3-13(2)7-5-4-6(10(14)15)8(11)9(7)12/h4-5H,3H2,1-2H3,(H,14,15). The Balaban J connectivity index is 3.27. The van der Waals surface area contributed by atoms with Gasteiger partial charge in [0.05, 0.1) is 15.7 Å². The highest BCUT2D eigenvalue weighted by molar-refractivity contribution is 9.10. The Kier molecular flexibility index (Phi) is 3.68. The van der Waals surface area contributed by atoms with Crippen molar-refractivity contribution in [2.45, 2.75) is 6.92 Å². The van der Waals surface area contributed by atoms with Crippen LogP contribution in [0.2, 0.25) is 0 Å². The van der Waals surface area contributed by atoms with Crippen LogP contribution in [0.5, 0.6) is 0 Å². The van der Waals surface area contributed by atoms with Gasteiger partial charge in [0.25, 0.3) is 0 Å². The maximum atomic E-state index is 13.7. The summed E-state index contributed by atoms with van der Waals surface area (Å²) >= 11 is 2.95. The number of halogens is 2. The molecule has 0 aliphatic heterocycles. The molecule has 0 heterocycles. The zero-order chi connectivity index (χ0) is 11.6. The average molecular weight is 276 g/mol. The third kappa shape index (κ3) is 2.28. The number of rotatable bonds is 3. The third-order valence-corrected chi connectivity index (χ3v) is 2.95. The Morgan fingerprint density at radius 2 is 2.20 bits per heavy atom. The lowest BCUT2D eigenvalue weighted by Gasteiger charge is -2.18. The Morgan fingerprint density at radius 1 is 1.60 bits per heavy atom. The summed E-state index contributed by atoms with van der Waals surface area (Å²) in [7, 11) is 1.74. The number of hydrogen-bond donors (Lipinski definition) is 1. The van der Waals surface area contributed by atoms with Crippen molar-refractivity contribution in [1.82, 2.24) is 0 Å². The van der Waals surface area contributed by atoms with E-state index in [-0.39, 0.29) is 10.0 Å². The SMILES string of the molecule is CCN(C)c1ccc(C(=O)O)c(Br)c1F. The second-order valence-corrected chi connectivity index (χ2v) is 3.87. The summed E-state index contributed by atoms with van der Waals surface area (Å²) in [6, 6.07) is 2.85. The zero-order valence-corrected chi connectivity index (χ0v) is 10.0. The molecule has 0 spiro atoms. The molecule has 0 fully saturated rings. The quantitative estimate of drug-likeness (QED) is 0.922. The molecule has 1 aromatic rings. The molecular weight excluding hydrogens is 265 g/mol. The predicted molar refractivity (Wildman–Crippen MR) is 60.0 cm³/mol. The van der Waals surface area contributed by atoms with Crippen LogP contribution in [0.3, 0.4) is 0 Å². The van der Waals surface area contributed by atoms with Crippen LogP contribution in [-0.4, -0.2) is 24.7 Å². The number of carboxylic acid groups (broad SMARTS) is 1. The zero-order valence-electron chi connectivity index (χ0n) is 8.42. The molecule has 0 saturated heterocycles. The Bertz CT molecular complexity index is 395. The Hall–Kier alpha value is -1.10. The first kappa shape index (κ1) is 12.0. The van der Waals surface area contributed by atoms with Crippen LogP contribution in [0.25, 0.3) is 0 Å². The topological polar surface area (TPSA) is 40.5 Å². The molecule has 1 aromatic carbocycles. The molecule has 1 rings (SSSR count). The van der Waals surface area contributed by atoms with Crippen molar-refractivity contribution in [2.75, 3.05) is 18.5 Å². The van der Waals surface area contributed by atoms with Crippen molar-refractivity contribution in [2.24, 2.45) is 0 Å². The van der Waals surface area contributed by atoms with Gasteiger partial charge in [-0.15, -0.1) is 0 Å². The average Bonchev–Trinajstić information content (AvgIpc) is 2.20. The maximum Gasteiger partial charge on any atom is 0.336 e. The normalized spacial score (nSPS) is 10.1. The molecule has 0 amide bonds. The minimum absolute atomic E-state index is 0.00667. The number of nitrogens with zero attached hydrogens (tertiary/aromatic N) is 1.